The summed E-state index contributed by atoms with van der Waals surface area (Å²) < 4.78 is 2.88. The number of aromatic carboxylic acids is 1. The fraction of sp³-hybridized carbons (Fsp3) is 0.200. The molecular weight excluding hydrogens is 238 g/mol. The first kappa shape index (κ1) is 10.5. The molecule has 18 heavy (non-hydrogen) atoms. The maximum absolute atomic E-state index is 11.0. The van der Waals surface area contributed by atoms with Crippen LogP contribution in [-0.4, -0.2) is 40.6 Å². The number of aromatic nitrogens is 5. The molecule has 8 heteroatoms. The normalized spacial score (nSPS) is 11.4. The summed E-state index contributed by atoms with van der Waals surface area (Å²) in [6, 6.07) is 0. The number of carbonyl (C=O) groups is 1. The first-order valence-electron chi connectivity index (χ1n) is 5.14. The number of carboxylic acid groups (broad SMARTS) is 1. The van der Waals surface area contributed by atoms with Gasteiger partial charge in [0.25, 0.3) is 0 Å². The van der Waals surface area contributed by atoms with Crippen molar-refractivity contribution in [2.24, 2.45) is 7.05 Å². The minimum Gasteiger partial charge on any atom is -0.492 e. The molecule has 3 aromatic rings. The molecule has 2 N–H and O–H groups in total. The monoisotopic (exact) mass is 247 g/mol. The van der Waals surface area contributed by atoms with Gasteiger partial charge in [-0.3, -0.25) is 0 Å². The van der Waals surface area contributed by atoms with Crippen LogP contribution in [0.2, 0.25) is 0 Å². The van der Waals surface area contributed by atoms with E-state index < -0.39 is 5.97 Å². The van der Waals surface area contributed by atoms with Crippen molar-refractivity contribution in [2.45, 2.75) is 6.92 Å². The zero-order valence-corrected chi connectivity index (χ0v) is 9.62. The Kier molecular flexibility index (Phi) is 1.86. The van der Waals surface area contributed by atoms with Gasteiger partial charge in [-0.05, 0) is 6.92 Å². The van der Waals surface area contributed by atoms with Crippen molar-refractivity contribution in [1.82, 2.24) is 24.4 Å². The molecule has 0 aliphatic carbocycles. The van der Waals surface area contributed by atoms with Crippen LogP contribution >= 0.6 is 0 Å². The molecule has 3 rings (SSSR count). The number of carboxylic acids is 1. The quantitative estimate of drug-likeness (QED) is 0.641. The molecule has 3 aromatic heterocycles. The van der Waals surface area contributed by atoms with E-state index in [4.69, 9.17) is 5.11 Å². The van der Waals surface area contributed by atoms with Gasteiger partial charge in [-0.1, -0.05) is 0 Å². The van der Waals surface area contributed by atoms with E-state index >= 15 is 0 Å². The first-order chi connectivity index (χ1) is 8.50. The molecular formula is C10H9N5O3. The van der Waals surface area contributed by atoms with Gasteiger partial charge >= 0.3 is 5.97 Å². The predicted molar refractivity (Wildman–Crippen MR) is 60.6 cm³/mol. The van der Waals surface area contributed by atoms with Gasteiger partial charge in [0.1, 0.15) is 16.6 Å². The number of aromatic hydroxyl groups is 1. The average molecular weight is 247 g/mol. The summed E-state index contributed by atoms with van der Waals surface area (Å²) in [5.41, 5.74) is 1.63. The van der Waals surface area contributed by atoms with Crippen LogP contribution in [0.15, 0.2) is 6.20 Å². The fourth-order valence-electron chi connectivity index (χ4n) is 2.04. The summed E-state index contributed by atoms with van der Waals surface area (Å²) in [6.07, 6.45) is 1.18. The second-order valence-electron chi connectivity index (χ2n) is 3.94. The van der Waals surface area contributed by atoms with Gasteiger partial charge in [0, 0.05) is 7.05 Å². The Morgan fingerprint density at radius 3 is 2.83 bits per heavy atom. The number of rotatable bonds is 1. The molecule has 0 saturated heterocycles. The van der Waals surface area contributed by atoms with E-state index in [-0.39, 0.29) is 17.0 Å². The Morgan fingerprint density at radius 1 is 1.44 bits per heavy atom. The van der Waals surface area contributed by atoms with Crippen LogP contribution in [-0.2, 0) is 7.05 Å². The smallest absolute Gasteiger partial charge is 0.339 e. The maximum atomic E-state index is 11.0. The number of hydrogen-bond donors (Lipinski definition) is 2. The van der Waals surface area contributed by atoms with Gasteiger partial charge < -0.3 is 10.2 Å². The Balaban J connectivity index is 2.60. The van der Waals surface area contributed by atoms with Crippen LogP contribution in [0.1, 0.15) is 16.1 Å². The molecule has 0 bridgehead atoms. The second-order valence-corrected chi connectivity index (χ2v) is 3.94. The summed E-state index contributed by atoms with van der Waals surface area (Å²) in [6.45, 7) is 1.75. The lowest BCUT2D eigenvalue weighted by Crippen LogP contribution is -2.01. The molecule has 0 atom stereocenters. The molecule has 92 valence electrons. The molecule has 0 fully saturated rings. The highest BCUT2D eigenvalue weighted by atomic mass is 16.4. The molecule has 0 aliphatic heterocycles. The van der Waals surface area contributed by atoms with Crippen molar-refractivity contribution >= 4 is 22.6 Å². The molecule has 0 saturated carbocycles. The van der Waals surface area contributed by atoms with Crippen molar-refractivity contribution in [2.75, 3.05) is 0 Å². The second kappa shape index (κ2) is 3.19. The van der Waals surface area contributed by atoms with E-state index in [2.05, 4.69) is 15.2 Å². The third-order valence-electron chi connectivity index (χ3n) is 2.79. The Labute approximate surface area is 100 Å². The molecule has 0 radical (unpaired) electrons. The van der Waals surface area contributed by atoms with E-state index in [0.717, 1.165) is 0 Å². The number of nitrogens with zero attached hydrogens (tertiary/aromatic N) is 5. The topological polar surface area (TPSA) is 106 Å². The highest BCUT2D eigenvalue weighted by Crippen LogP contribution is 2.26. The number of aryl methyl sites for hydroxylation is 2. The van der Waals surface area contributed by atoms with Crippen molar-refractivity contribution in [3.63, 3.8) is 0 Å². The lowest BCUT2D eigenvalue weighted by atomic mass is 10.3. The third-order valence-corrected chi connectivity index (χ3v) is 2.79. The van der Waals surface area contributed by atoms with Crippen LogP contribution < -0.4 is 0 Å². The molecule has 3 heterocycles. The molecule has 0 spiro atoms. The van der Waals surface area contributed by atoms with Gasteiger partial charge in [0.2, 0.25) is 5.88 Å². The summed E-state index contributed by atoms with van der Waals surface area (Å²) in [5, 5.41) is 27.0. The standard InChI is InChI=1S/C10H9N5O3/c1-4-6-9(14(2)13-4)15-7(8(16)12-6)5(3-11-15)10(17)18/h3H,1-2H3,(H,12,16)(H,17,18). The van der Waals surface area contributed by atoms with Gasteiger partial charge in [-0.25, -0.2) is 19.0 Å². The highest BCUT2D eigenvalue weighted by molar-refractivity contribution is 5.98. The minimum atomic E-state index is -1.17. The van der Waals surface area contributed by atoms with E-state index in [1.807, 2.05) is 0 Å². The Hall–Kier alpha value is -2.64. The molecule has 0 amide bonds. The lowest BCUT2D eigenvalue weighted by Gasteiger charge is -2.01. The number of fused-ring (bicyclic) bond motifs is 3. The van der Waals surface area contributed by atoms with Gasteiger partial charge in [0.05, 0.1) is 11.9 Å². The predicted octanol–water partition coefficient (Wildman–Crippen LogP) is 0.328. The average Bonchev–Trinajstić information content (AvgIpc) is 2.82. The first-order valence-corrected chi connectivity index (χ1v) is 5.14. The van der Waals surface area contributed by atoms with Crippen molar-refractivity contribution in [1.29, 1.82) is 0 Å². The van der Waals surface area contributed by atoms with Crippen LogP contribution in [0, 0.1) is 6.92 Å². The van der Waals surface area contributed by atoms with Crippen LogP contribution in [0.4, 0.5) is 0 Å². The fourth-order valence-corrected chi connectivity index (χ4v) is 2.04. The van der Waals surface area contributed by atoms with Crippen LogP contribution in [0.25, 0.3) is 16.7 Å². The van der Waals surface area contributed by atoms with Gasteiger partial charge in [-0.2, -0.15) is 10.2 Å². The Bertz CT molecular complexity index is 801. The van der Waals surface area contributed by atoms with Crippen LogP contribution in [0.3, 0.4) is 0 Å². The third kappa shape index (κ3) is 1.14. The summed E-state index contributed by atoms with van der Waals surface area (Å²) in [7, 11) is 1.70. The lowest BCUT2D eigenvalue weighted by molar-refractivity contribution is 0.0698. The van der Waals surface area contributed by atoms with Crippen molar-refractivity contribution in [3.8, 4) is 5.88 Å². The zero-order chi connectivity index (χ0) is 13.0. The molecule has 8 nitrogen and oxygen atoms in total. The summed E-state index contributed by atoms with van der Waals surface area (Å²) in [5.74, 6) is -1.53. The molecule has 0 aromatic carbocycles. The van der Waals surface area contributed by atoms with E-state index in [9.17, 15) is 9.90 Å². The van der Waals surface area contributed by atoms with Crippen LogP contribution in [0.5, 0.6) is 5.88 Å². The van der Waals surface area contributed by atoms with E-state index in [0.29, 0.717) is 16.9 Å². The zero-order valence-electron chi connectivity index (χ0n) is 9.62. The van der Waals surface area contributed by atoms with Gasteiger partial charge in [0.15, 0.2) is 5.65 Å². The maximum Gasteiger partial charge on any atom is 0.339 e. The summed E-state index contributed by atoms with van der Waals surface area (Å²) >= 11 is 0. The molecule has 0 aliphatic rings. The van der Waals surface area contributed by atoms with Crippen molar-refractivity contribution < 1.29 is 15.0 Å². The SMILES string of the molecule is Cc1nn(C)c2c1nc(O)c1c(C(=O)O)cnn12. The Morgan fingerprint density at radius 2 is 2.17 bits per heavy atom. The minimum absolute atomic E-state index is 0.0676. The van der Waals surface area contributed by atoms with Gasteiger partial charge in [-0.15, -0.1) is 0 Å². The molecule has 0 unspecified atom stereocenters. The van der Waals surface area contributed by atoms with E-state index in [1.165, 1.54) is 10.7 Å². The largest absolute Gasteiger partial charge is 0.492 e. The van der Waals surface area contributed by atoms with E-state index in [1.54, 1.807) is 18.7 Å². The van der Waals surface area contributed by atoms with Crippen molar-refractivity contribution in [3.05, 3.63) is 17.5 Å². The highest BCUT2D eigenvalue weighted by Gasteiger charge is 2.21. The number of hydrogen-bond acceptors (Lipinski definition) is 5. The summed E-state index contributed by atoms with van der Waals surface area (Å²) in [4.78, 5) is 15.0.